The van der Waals surface area contributed by atoms with E-state index in [0.29, 0.717) is 22.7 Å². The van der Waals surface area contributed by atoms with Crippen LogP contribution < -0.4 is 16.4 Å². The first kappa shape index (κ1) is 15.1. The lowest BCUT2D eigenvalue weighted by Gasteiger charge is -2.37. The average Bonchev–Trinajstić information content (AvgIpc) is 2.41. The van der Waals surface area contributed by atoms with Gasteiger partial charge < -0.3 is 16.4 Å². The Morgan fingerprint density at radius 3 is 2.55 bits per heavy atom. The molecule has 0 spiro atoms. The highest BCUT2D eigenvalue weighted by molar-refractivity contribution is 6.31. The smallest absolute Gasteiger partial charge is 0.250 e. The number of hydrogen-bond donors (Lipinski definition) is 2. The molecule has 5 heteroatoms. The maximum Gasteiger partial charge on any atom is 0.250 e. The Kier molecular flexibility index (Phi) is 4.89. The van der Waals surface area contributed by atoms with Gasteiger partial charge in [0.15, 0.2) is 0 Å². The van der Waals surface area contributed by atoms with Crippen molar-refractivity contribution in [3.8, 4) is 0 Å². The molecule has 0 heterocycles. The fourth-order valence-electron chi connectivity index (χ4n) is 2.99. The topological polar surface area (TPSA) is 72.3 Å². The SMILES string of the molecule is CCN(c1cc(Cl)ccc1C(N)=O)C1CCC(N)CC1. The summed E-state index contributed by atoms with van der Waals surface area (Å²) in [6.07, 6.45) is 4.13. The number of hydrogen-bond acceptors (Lipinski definition) is 3. The molecule has 1 amide bonds. The molecule has 1 fully saturated rings. The zero-order valence-electron chi connectivity index (χ0n) is 11.8. The second-order valence-corrected chi connectivity index (χ2v) is 5.82. The quantitative estimate of drug-likeness (QED) is 0.896. The van der Waals surface area contributed by atoms with Crippen molar-refractivity contribution in [1.82, 2.24) is 0 Å². The minimum absolute atomic E-state index is 0.305. The van der Waals surface area contributed by atoms with Crippen LogP contribution in [-0.2, 0) is 0 Å². The zero-order valence-corrected chi connectivity index (χ0v) is 12.6. The van der Waals surface area contributed by atoms with E-state index in [4.69, 9.17) is 23.1 Å². The molecular weight excluding hydrogens is 274 g/mol. The van der Waals surface area contributed by atoms with Crippen LogP contribution in [0.1, 0.15) is 43.0 Å². The van der Waals surface area contributed by atoms with Crippen molar-refractivity contribution in [2.24, 2.45) is 11.5 Å². The molecule has 0 aromatic heterocycles. The molecule has 0 unspecified atom stereocenters. The molecule has 4 nitrogen and oxygen atoms in total. The van der Waals surface area contributed by atoms with Gasteiger partial charge in [-0.1, -0.05) is 11.6 Å². The number of carbonyl (C=O) groups is 1. The van der Waals surface area contributed by atoms with E-state index in [2.05, 4.69) is 11.8 Å². The third-order valence-corrected chi connectivity index (χ3v) is 4.29. The fourth-order valence-corrected chi connectivity index (χ4v) is 3.16. The molecule has 0 radical (unpaired) electrons. The molecule has 2 rings (SSSR count). The van der Waals surface area contributed by atoms with Gasteiger partial charge >= 0.3 is 0 Å². The van der Waals surface area contributed by atoms with Crippen molar-refractivity contribution in [3.05, 3.63) is 28.8 Å². The molecule has 1 saturated carbocycles. The van der Waals surface area contributed by atoms with E-state index in [-0.39, 0.29) is 0 Å². The summed E-state index contributed by atoms with van der Waals surface area (Å²) in [5.41, 5.74) is 12.8. The monoisotopic (exact) mass is 295 g/mol. The first-order valence-electron chi connectivity index (χ1n) is 7.14. The van der Waals surface area contributed by atoms with Gasteiger partial charge in [0.25, 0.3) is 5.91 Å². The normalized spacial score (nSPS) is 22.6. The van der Waals surface area contributed by atoms with Crippen LogP contribution in [0.2, 0.25) is 5.02 Å². The highest BCUT2D eigenvalue weighted by Gasteiger charge is 2.26. The molecule has 1 aromatic carbocycles. The number of halogens is 1. The van der Waals surface area contributed by atoms with Crippen LogP contribution in [0.25, 0.3) is 0 Å². The van der Waals surface area contributed by atoms with E-state index in [9.17, 15) is 4.79 Å². The Morgan fingerprint density at radius 1 is 1.35 bits per heavy atom. The number of rotatable bonds is 4. The van der Waals surface area contributed by atoms with Crippen LogP contribution in [0, 0.1) is 0 Å². The van der Waals surface area contributed by atoms with Crippen molar-refractivity contribution in [2.45, 2.75) is 44.7 Å². The number of nitrogens with zero attached hydrogens (tertiary/aromatic N) is 1. The number of primary amides is 1. The summed E-state index contributed by atoms with van der Waals surface area (Å²) in [5, 5.41) is 0.621. The van der Waals surface area contributed by atoms with E-state index in [0.717, 1.165) is 37.9 Å². The van der Waals surface area contributed by atoms with Gasteiger partial charge in [0.2, 0.25) is 0 Å². The molecule has 110 valence electrons. The van der Waals surface area contributed by atoms with Gasteiger partial charge in [-0.05, 0) is 50.8 Å². The first-order valence-corrected chi connectivity index (χ1v) is 7.52. The van der Waals surface area contributed by atoms with Crippen molar-refractivity contribution in [3.63, 3.8) is 0 Å². The van der Waals surface area contributed by atoms with E-state index in [1.165, 1.54) is 0 Å². The fraction of sp³-hybridized carbons (Fsp3) is 0.533. The molecule has 0 aliphatic heterocycles. The summed E-state index contributed by atoms with van der Waals surface area (Å²) in [7, 11) is 0. The highest BCUT2D eigenvalue weighted by Crippen LogP contribution is 2.31. The van der Waals surface area contributed by atoms with Crippen molar-refractivity contribution < 1.29 is 4.79 Å². The number of benzene rings is 1. The molecule has 0 saturated heterocycles. The predicted octanol–water partition coefficient (Wildman–Crippen LogP) is 2.54. The third-order valence-electron chi connectivity index (χ3n) is 4.06. The summed E-state index contributed by atoms with van der Waals surface area (Å²) in [6, 6.07) is 5.95. The standard InChI is InChI=1S/C15H22ClN3O/c1-2-19(12-6-4-11(17)5-7-12)14-9-10(16)3-8-13(14)15(18)20/h3,8-9,11-12H,2,4-7,17H2,1H3,(H2,18,20). The molecule has 4 N–H and O–H groups in total. The maximum absolute atomic E-state index is 11.6. The highest BCUT2D eigenvalue weighted by atomic mass is 35.5. The molecule has 0 atom stereocenters. The van der Waals surface area contributed by atoms with Gasteiger partial charge in [-0.15, -0.1) is 0 Å². The lowest BCUT2D eigenvalue weighted by atomic mass is 9.90. The molecule has 1 aromatic rings. The second-order valence-electron chi connectivity index (χ2n) is 5.38. The summed E-state index contributed by atoms with van der Waals surface area (Å²) in [4.78, 5) is 13.9. The Hall–Kier alpha value is -1.26. The Bertz CT molecular complexity index is 484. The van der Waals surface area contributed by atoms with Crippen molar-refractivity contribution in [2.75, 3.05) is 11.4 Å². The Labute approximate surface area is 125 Å². The summed E-state index contributed by atoms with van der Waals surface area (Å²) in [5.74, 6) is -0.414. The largest absolute Gasteiger partial charge is 0.368 e. The number of anilines is 1. The predicted molar refractivity (Wildman–Crippen MR) is 83.2 cm³/mol. The third kappa shape index (κ3) is 3.25. The van der Waals surface area contributed by atoms with Crippen LogP contribution in [0.3, 0.4) is 0 Å². The van der Waals surface area contributed by atoms with Crippen LogP contribution in [0.15, 0.2) is 18.2 Å². The maximum atomic E-state index is 11.6. The van der Waals surface area contributed by atoms with Crippen molar-refractivity contribution in [1.29, 1.82) is 0 Å². The second kappa shape index (κ2) is 6.46. The van der Waals surface area contributed by atoms with Gasteiger partial charge in [-0.25, -0.2) is 0 Å². The average molecular weight is 296 g/mol. The van der Waals surface area contributed by atoms with Crippen LogP contribution in [0.4, 0.5) is 5.69 Å². The van der Waals surface area contributed by atoms with E-state index < -0.39 is 5.91 Å². The van der Waals surface area contributed by atoms with Crippen LogP contribution >= 0.6 is 11.6 Å². The van der Waals surface area contributed by atoms with Crippen LogP contribution in [0.5, 0.6) is 0 Å². The van der Waals surface area contributed by atoms with E-state index in [1.807, 2.05) is 6.07 Å². The van der Waals surface area contributed by atoms with Crippen molar-refractivity contribution >= 4 is 23.2 Å². The van der Waals surface area contributed by atoms with Gasteiger partial charge in [0.1, 0.15) is 0 Å². The summed E-state index contributed by atoms with van der Waals surface area (Å²) >= 11 is 6.09. The molecule has 1 aliphatic carbocycles. The molecule has 1 aliphatic rings. The van der Waals surface area contributed by atoms with Gasteiger partial charge in [0.05, 0.1) is 11.3 Å². The van der Waals surface area contributed by atoms with E-state index >= 15 is 0 Å². The Balaban J connectivity index is 2.31. The number of carbonyl (C=O) groups excluding carboxylic acids is 1. The summed E-state index contributed by atoms with van der Waals surface area (Å²) < 4.78 is 0. The number of nitrogens with two attached hydrogens (primary N) is 2. The Morgan fingerprint density at radius 2 is 2.00 bits per heavy atom. The van der Waals surface area contributed by atoms with E-state index in [1.54, 1.807) is 12.1 Å². The zero-order chi connectivity index (χ0) is 14.7. The number of amides is 1. The lowest BCUT2D eigenvalue weighted by Crippen LogP contribution is -2.41. The van der Waals surface area contributed by atoms with Crippen LogP contribution in [-0.4, -0.2) is 24.5 Å². The van der Waals surface area contributed by atoms with Gasteiger partial charge in [-0.2, -0.15) is 0 Å². The summed E-state index contributed by atoms with van der Waals surface area (Å²) in [6.45, 7) is 2.90. The van der Waals surface area contributed by atoms with Gasteiger partial charge in [0, 0.05) is 23.7 Å². The molecule has 20 heavy (non-hydrogen) atoms. The van der Waals surface area contributed by atoms with Gasteiger partial charge in [-0.3, -0.25) is 4.79 Å². The first-order chi connectivity index (χ1) is 9.52. The minimum Gasteiger partial charge on any atom is -0.368 e. The molecular formula is C15H22ClN3O. The lowest BCUT2D eigenvalue weighted by molar-refractivity contribution is 0.100. The molecule has 0 bridgehead atoms. The minimum atomic E-state index is -0.414.